The standard InChI is InChI=1S/C31H40N2O4/c1-4-22-7-9-24(34)17-26(22)31-15-16-33(18-21-5-6-21)20(2)30(31)13-11-25(31)27(12-14-30)32(3)29(36)23-8-10-28(35)37-19-23/h7-10,17,19-21,25,27,34H,4-6,11-16,18H2,1-3H3. The average Bonchev–Trinajstić information content (AvgIpc) is 3.69. The molecule has 4 fully saturated rings. The first kappa shape index (κ1) is 24.7. The third-order valence-electron chi connectivity index (χ3n) is 10.8. The number of aromatic hydroxyl groups is 1. The van der Waals surface area contributed by atoms with Crippen LogP contribution in [-0.4, -0.2) is 53.0 Å². The number of carbonyl (C=O) groups is 1. The Balaban J connectivity index is 1.43. The molecule has 6 rings (SSSR count). The molecule has 0 spiro atoms. The number of phenols is 1. The molecule has 2 heterocycles. The number of aryl methyl sites for hydroxylation is 1. The summed E-state index contributed by atoms with van der Waals surface area (Å²) in [5.41, 5.74) is 2.70. The predicted octanol–water partition coefficient (Wildman–Crippen LogP) is 4.98. The SMILES string of the molecule is CCc1ccc(O)cc1C12CCN(CC3CC3)C(C)C13CCC(N(C)C(=O)c1ccc(=O)oc1)C2CC3. The molecule has 1 aromatic carbocycles. The summed E-state index contributed by atoms with van der Waals surface area (Å²) in [6, 6.07) is 9.49. The normalized spacial score (nSPS) is 33.2. The fourth-order valence-electron chi connectivity index (χ4n) is 8.88. The Hall–Kier alpha value is -2.60. The zero-order valence-corrected chi connectivity index (χ0v) is 22.4. The fourth-order valence-corrected chi connectivity index (χ4v) is 8.88. The van der Waals surface area contributed by atoms with E-state index in [2.05, 4.69) is 30.9 Å². The van der Waals surface area contributed by atoms with Gasteiger partial charge in [0.2, 0.25) is 0 Å². The van der Waals surface area contributed by atoms with Crippen molar-refractivity contribution in [2.45, 2.75) is 82.7 Å². The Morgan fingerprint density at radius 3 is 2.62 bits per heavy atom. The minimum atomic E-state index is -0.445. The van der Waals surface area contributed by atoms with Crippen molar-refractivity contribution in [3.63, 3.8) is 0 Å². The number of carbonyl (C=O) groups excluding carboxylic acids is 1. The van der Waals surface area contributed by atoms with Crippen LogP contribution in [0.3, 0.4) is 0 Å². The van der Waals surface area contributed by atoms with Gasteiger partial charge in [0, 0.05) is 37.2 Å². The monoisotopic (exact) mass is 504 g/mol. The van der Waals surface area contributed by atoms with E-state index in [0.717, 1.165) is 51.0 Å². The second kappa shape index (κ2) is 9.00. The smallest absolute Gasteiger partial charge is 0.335 e. The molecule has 37 heavy (non-hydrogen) atoms. The Morgan fingerprint density at radius 2 is 1.92 bits per heavy atom. The number of rotatable bonds is 6. The summed E-state index contributed by atoms with van der Waals surface area (Å²) in [5, 5.41) is 10.7. The quantitative estimate of drug-likeness (QED) is 0.601. The van der Waals surface area contributed by atoms with Gasteiger partial charge in [-0.1, -0.05) is 13.0 Å². The van der Waals surface area contributed by atoms with E-state index in [9.17, 15) is 14.7 Å². The minimum Gasteiger partial charge on any atom is -0.508 e. The van der Waals surface area contributed by atoms with Crippen LogP contribution in [0.4, 0.5) is 0 Å². The number of phenolic OH excluding ortho intramolecular Hbond substituents is 1. The highest BCUT2D eigenvalue weighted by Crippen LogP contribution is 2.70. The molecule has 6 heteroatoms. The van der Waals surface area contributed by atoms with Gasteiger partial charge < -0.3 is 14.4 Å². The number of hydrogen-bond acceptors (Lipinski definition) is 5. The average molecular weight is 505 g/mol. The van der Waals surface area contributed by atoms with E-state index in [1.165, 1.54) is 42.8 Å². The Morgan fingerprint density at radius 1 is 1.14 bits per heavy atom. The van der Waals surface area contributed by atoms with E-state index >= 15 is 0 Å². The number of likely N-dealkylation sites (tertiary alicyclic amines) is 1. The fraction of sp³-hybridized carbons (Fsp3) is 0.613. The van der Waals surface area contributed by atoms with Crippen molar-refractivity contribution in [1.82, 2.24) is 9.80 Å². The van der Waals surface area contributed by atoms with Gasteiger partial charge in [0.15, 0.2) is 0 Å². The maximum absolute atomic E-state index is 13.6. The summed E-state index contributed by atoms with van der Waals surface area (Å²) in [5.74, 6) is 1.44. The third kappa shape index (κ3) is 3.70. The number of hydrogen-bond donors (Lipinski definition) is 1. The zero-order valence-electron chi connectivity index (χ0n) is 22.4. The Bertz CT molecular complexity index is 1230. The molecule has 2 aromatic rings. The Kier molecular flexibility index (Phi) is 6.02. The lowest BCUT2D eigenvalue weighted by Gasteiger charge is -2.64. The molecule has 1 N–H and O–H groups in total. The van der Waals surface area contributed by atoms with E-state index in [1.807, 2.05) is 18.0 Å². The number of piperidine rings is 1. The first-order valence-corrected chi connectivity index (χ1v) is 14.2. The van der Waals surface area contributed by atoms with Gasteiger partial charge in [0.25, 0.3) is 5.91 Å². The van der Waals surface area contributed by atoms with Crippen molar-refractivity contribution in [2.75, 3.05) is 20.1 Å². The highest BCUT2D eigenvalue weighted by molar-refractivity contribution is 5.93. The summed E-state index contributed by atoms with van der Waals surface area (Å²) >= 11 is 0. The lowest BCUT2D eigenvalue weighted by atomic mass is 9.46. The largest absolute Gasteiger partial charge is 0.508 e. The van der Waals surface area contributed by atoms with Crippen LogP contribution < -0.4 is 5.63 Å². The first-order valence-electron chi connectivity index (χ1n) is 14.2. The highest BCUT2D eigenvalue weighted by Gasteiger charge is 2.69. The molecule has 3 saturated carbocycles. The molecule has 4 aliphatic rings. The molecule has 1 aromatic heterocycles. The highest BCUT2D eigenvalue weighted by atomic mass is 16.4. The van der Waals surface area contributed by atoms with Crippen molar-refractivity contribution in [1.29, 1.82) is 0 Å². The molecular formula is C31H40N2O4. The second-order valence-electron chi connectivity index (χ2n) is 12.2. The molecule has 3 aliphatic carbocycles. The number of amides is 1. The van der Waals surface area contributed by atoms with Crippen LogP contribution in [0.5, 0.6) is 5.75 Å². The van der Waals surface area contributed by atoms with E-state index < -0.39 is 5.63 Å². The van der Waals surface area contributed by atoms with Gasteiger partial charge in [-0.25, -0.2) is 4.79 Å². The molecule has 6 nitrogen and oxygen atoms in total. The van der Waals surface area contributed by atoms with Crippen LogP contribution >= 0.6 is 0 Å². The topological polar surface area (TPSA) is 74.0 Å². The maximum atomic E-state index is 13.6. The maximum Gasteiger partial charge on any atom is 0.335 e. The van der Waals surface area contributed by atoms with E-state index in [4.69, 9.17) is 4.42 Å². The molecule has 1 amide bonds. The molecule has 0 radical (unpaired) electrons. The van der Waals surface area contributed by atoms with Gasteiger partial charge in [0.1, 0.15) is 12.0 Å². The molecule has 5 atom stereocenters. The second-order valence-corrected chi connectivity index (χ2v) is 12.2. The van der Waals surface area contributed by atoms with Gasteiger partial charge in [-0.3, -0.25) is 9.69 Å². The van der Waals surface area contributed by atoms with Crippen LogP contribution in [0.15, 0.2) is 45.8 Å². The molecule has 1 aliphatic heterocycles. The van der Waals surface area contributed by atoms with Gasteiger partial charge in [-0.05, 0) is 111 Å². The van der Waals surface area contributed by atoms with Crippen LogP contribution in [0, 0.1) is 17.3 Å². The zero-order chi connectivity index (χ0) is 25.9. The van der Waals surface area contributed by atoms with Crippen molar-refractivity contribution >= 4 is 5.91 Å². The minimum absolute atomic E-state index is 0.0722. The van der Waals surface area contributed by atoms with Crippen LogP contribution in [0.1, 0.15) is 80.3 Å². The molecule has 2 bridgehead atoms. The van der Waals surface area contributed by atoms with E-state index in [1.54, 1.807) is 6.07 Å². The number of nitrogens with zero attached hydrogens (tertiary/aromatic N) is 2. The van der Waals surface area contributed by atoms with Gasteiger partial charge >= 0.3 is 5.63 Å². The van der Waals surface area contributed by atoms with Crippen molar-refractivity contribution in [2.24, 2.45) is 17.3 Å². The van der Waals surface area contributed by atoms with Crippen LogP contribution in [-0.2, 0) is 11.8 Å². The first-order chi connectivity index (χ1) is 17.8. The summed E-state index contributed by atoms with van der Waals surface area (Å²) in [6.07, 6.45) is 10.3. The molecule has 198 valence electrons. The number of benzene rings is 1. The molecule has 1 saturated heterocycles. The van der Waals surface area contributed by atoms with Gasteiger partial charge in [0.05, 0.1) is 5.56 Å². The molecule has 5 unspecified atom stereocenters. The lowest BCUT2D eigenvalue weighted by molar-refractivity contribution is -0.0893. The van der Waals surface area contributed by atoms with Crippen LogP contribution in [0.2, 0.25) is 0 Å². The van der Waals surface area contributed by atoms with Crippen LogP contribution in [0.25, 0.3) is 0 Å². The molecular weight excluding hydrogens is 464 g/mol. The van der Waals surface area contributed by atoms with Crippen molar-refractivity contribution in [3.8, 4) is 5.75 Å². The lowest BCUT2D eigenvalue weighted by Crippen LogP contribution is -2.67. The van der Waals surface area contributed by atoms with E-state index in [0.29, 0.717) is 23.3 Å². The summed E-state index contributed by atoms with van der Waals surface area (Å²) in [6.45, 7) is 6.97. The van der Waals surface area contributed by atoms with Crippen molar-refractivity contribution < 1.29 is 14.3 Å². The third-order valence-corrected chi connectivity index (χ3v) is 10.8. The van der Waals surface area contributed by atoms with Gasteiger partial charge in [-0.15, -0.1) is 0 Å². The van der Waals surface area contributed by atoms with Crippen molar-refractivity contribution in [3.05, 3.63) is 63.7 Å². The summed E-state index contributed by atoms with van der Waals surface area (Å²) in [7, 11) is 1.92. The summed E-state index contributed by atoms with van der Waals surface area (Å²) in [4.78, 5) is 29.7. The van der Waals surface area contributed by atoms with E-state index in [-0.39, 0.29) is 22.8 Å². The Labute approximate surface area is 219 Å². The van der Waals surface area contributed by atoms with Gasteiger partial charge in [-0.2, -0.15) is 0 Å². The summed E-state index contributed by atoms with van der Waals surface area (Å²) < 4.78 is 5.02. The predicted molar refractivity (Wildman–Crippen MR) is 143 cm³/mol.